The summed E-state index contributed by atoms with van der Waals surface area (Å²) in [4.78, 5) is 0. The zero-order chi connectivity index (χ0) is 14.5. The largest absolute Gasteiger partial charge is 0.507 e. The zero-order valence-electron chi connectivity index (χ0n) is 12.2. The van der Waals surface area contributed by atoms with Crippen LogP contribution in [-0.2, 0) is 6.54 Å². The highest BCUT2D eigenvalue weighted by molar-refractivity contribution is 5.41. The number of methoxy groups -OCH3 is 1. The molecule has 0 saturated carbocycles. The molecule has 0 aliphatic carbocycles. The Balaban J connectivity index is 2.03. The van der Waals surface area contributed by atoms with Gasteiger partial charge < -0.3 is 15.2 Å². The molecule has 0 amide bonds. The Bertz CT molecular complexity index is 581. The van der Waals surface area contributed by atoms with Crippen LogP contribution in [0.5, 0.6) is 11.5 Å². The Kier molecular flexibility index (Phi) is 4.64. The van der Waals surface area contributed by atoms with Gasteiger partial charge in [-0.2, -0.15) is 0 Å². The lowest BCUT2D eigenvalue weighted by atomic mass is 10.1. The molecule has 0 aromatic heterocycles. The van der Waals surface area contributed by atoms with Gasteiger partial charge in [-0.05, 0) is 25.5 Å². The molecule has 0 fully saturated rings. The Hall–Kier alpha value is -2.00. The number of rotatable bonds is 5. The number of benzene rings is 2. The first-order chi connectivity index (χ1) is 9.60. The molecule has 20 heavy (non-hydrogen) atoms. The van der Waals surface area contributed by atoms with Crippen molar-refractivity contribution in [3.05, 3.63) is 59.2 Å². The smallest absolute Gasteiger partial charge is 0.124 e. The Morgan fingerprint density at radius 2 is 2.00 bits per heavy atom. The zero-order valence-corrected chi connectivity index (χ0v) is 12.2. The highest BCUT2D eigenvalue weighted by atomic mass is 16.5. The molecule has 0 heterocycles. The number of nitrogens with one attached hydrogen (secondary N) is 1. The summed E-state index contributed by atoms with van der Waals surface area (Å²) in [6, 6.07) is 13.9. The second kappa shape index (κ2) is 6.44. The summed E-state index contributed by atoms with van der Waals surface area (Å²) in [5.74, 6) is 0.922. The monoisotopic (exact) mass is 271 g/mol. The lowest BCUT2D eigenvalue weighted by Crippen LogP contribution is -2.18. The van der Waals surface area contributed by atoms with Crippen LogP contribution in [-0.4, -0.2) is 12.2 Å². The number of aromatic hydroxyl groups is 1. The van der Waals surface area contributed by atoms with E-state index in [1.807, 2.05) is 19.1 Å². The first-order valence-corrected chi connectivity index (χ1v) is 6.76. The van der Waals surface area contributed by atoms with Crippen LogP contribution >= 0.6 is 0 Å². The molecular weight excluding hydrogens is 250 g/mol. The van der Waals surface area contributed by atoms with E-state index in [0.29, 0.717) is 5.75 Å². The number of phenolic OH excluding ortho intramolecular Hbond substituents is 1. The fourth-order valence-electron chi connectivity index (χ4n) is 2.22. The molecule has 106 valence electrons. The third-order valence-electron chi connectivity index (χ3n) is 3.40. The van der Waals surface area contributed by atoms with Crippen LogP contribution in [0.25, 0.3) is 0 Å². The summed E-state index contributed by atoms with van der Waals surface area (Å²) in [6.45, 7) is 4.90. The van der Waals surface area contributed by atoms with Crippen molar-refractivity contribution in [2.45, 2.75) is 26.4 Å². The van der Waals surface area contributed by atoms with Crippen LogP contribution in [0.4, 0.5) is 0 Å². The van der Waals surface area contributed by atoms with Gasteiger partial charge in [0.15, 0.2) is 0 Å². The van der Waals surface area contributed by atoms with Gasteiger partial charge in [0, 0.05) is 24.2 Å². The Morgan fingerprint density at radius 3 is 2.65 bits per heavy atom. The molecule has 0 radical (unpaired) electrons. The van der Waals surface area contributed by atoms with Crippen LogP contribution in [0.2, 0.25) is 0 Å². The van der Waals surface area contributed by atoms with E-state index in [1.54, 1.807) is 13.2 Å². The summed E-state index contributed by atoms with van der Waals surface area (Å²) in [7, 11) is 1.59. The third kappa shape index (κ3) is 3.52. The van der Waals surface area contributed by atoms with Gasteiger partial charge in [0.2, 0.25) is 0 Å². The van der Waals surface area contributed by atoms with Gasteiger partial charge in [0.05, 0.1) is 7.11 Å². The topological polar surface area (TPSA) is 41.5 Å². The van der Waals surface area contributed by atoms with E-state index in [0.717, 1.165) is 12.1 Å². The van der Waals surface area contributed by atoms with Crippen LogP contribution < -0.4 is 10.1 Å². The molecule has 3 nitrogen and oxygen atoms in total. The van der Waals surface area contributed by atoms with E-state index in [4.69, 9.17) is 4.74 Å². The third-order valence-corrected chi connectivity index (χ3v) is 3.40. The minimum absolute atomic E-state index is 0.0708. The van der Waals surface area contributed by atoms with Crippen molar-refractivity contribution >= 4 is 0 Å². The predicted octanol–water partition coefficient (Wildman–Crippen LogP) is 3.56. The fourth-order valence-corrected chi connectivity index (χ4v) is 2.22. The minimum Gasteiger partial charge on any atom is -0.507 e. The quantitative estimate of drug-likeness (QED) is 0.873. The van der Waals surface area contributed by atoms with Gasteiger partial charge in [-0.1, -0.05) is 35.9 Å². The maximum Gasteiger partial charge on any atom is 0.124 e. The number of phenols is 1. The molecule has 2 aromatic rings. The average molecular weight is 271 g/mol. The van der Waals surface area contributed by atoms with E-state index in [-0.39, 0.29) is 11.8 Å². The second-order valence-corrected chi connectivity index (χ2v) is 5.02. The molecule has 0 saturated heterocycles. The van der Waals surface area contributed by atoms with Gasteiger partial charge in [-0.25, -0.2) is 0 Å². The fraction of sp³-hybridized carbons (Fsp3) is 0.294. The number of ether oxygens (including phenoxy) is 1. The van der Waals surface area contributed by atoms with Crippen molar-refractivity contribution in [2.75, 3.05) is 7.11 Å². The summed E-state index contributed by atoms with van der Waals surface area (Å²) >= 11 is 0. The Morgan fingerprint density at radius 1 is 1.20 bits per heavy atom. The first kappa shape index (κ1) is 14.4. The lowest BCUT2D eigenvalue weighted by molar-refractivity contribution is 0.404. The molecule has 2 rings (SSSR count). The van der Waals surface area contributed by atoms with E-state index >= 15 is 0 Å². The summed E-state index contributed by atoms with van der Waals surface area (Å²) in [5.41, 5.74) is 3.37. The van der Waals surface area contributed by atoms with Crippen molar-refractivity contribution in [3.8, 4) is 11.5 Å². The van der Waals surface area contributed by atoms with Crippen LogP contribution in [0.15, 0.2) is 42.5 Å². The van der Waals surface area contributed by atoms with Crippen molar-refractivity contribution < 1.29 is 9.84 Å². The summed E-state index contributed by atoms with van der Waals surface area (Å²) in [5, 5.41) is 13.4. The summed E-state index contributed by atoms with van der Waals surface area (Å²) in [6.07, 6.45) is 0. The van der Waals surface area contributed by atoms with E-state index in [2.05, 4.69) is 36.5 Å². The highest BCUT2D eigenvalue weighted by Crippen LogP contribution is 2.28. The standard InChI is InChI=1S/C17H21NO2/c1-12-5-4-6-14(9-12)11-18-13(2)16-8-7-15(20-3)10-17(16)19/h4-10,13,18-19H,11H2,1-3H3. The average Bonchev–Trinajstić information content (AvgIpc) is 2.44. The molecular formula is C17H21NO2. The second-order valence-electron chi connectivity index (χ2n) is 5.02. The molecule has 3 heteroatoms. The molecule has 2 aromatic carbocycles. The van der Waals surface area contributed by atoms with Crippen molar-refractivity contribution in [1.82, 2.24) is 5.32 Å². The molecule has 1 atom stereocenters. The number of aryl methyl sites for hydroxylation is 1. The molecule has 2 N–H and O–H groups in total. The van der Waals surface area contributed by atoms with Crippen LogP contribution in [0.1, 0.15) is 29.7 Å². The van der Waals surface area contributed by atoms with Gasteiger partial charge in [-0.15, -0.1) is 0 Å². The number of hydrogen-bond donors (Lipinski definition) is 2. The molecule has 0 aliphatic rings. The van der Waals surface area contributed by atoms with Gasteiger partial charge >= 0.3 is 0 Å². The first-order valence-electron chi connectivity index (χ1n) is 6.76. The lowest BCUT2D eigenvalue weighted by Gasteiger charge is -2.16. The van der Waals surface area contributed by atoms with Crippen molar-refractivity contribution in [2.24, 2.45) is 0 Å². The van der Waals surface area contributed by atoms with Gasteiger partial charge in [-0.3, -0.25) is 0 Å². The van der Waals surface area contributed by atoms with Crippen LogP contribution in [0.3, 0.4) is 0 Å². The highest BCUT2D eigenvalue weighted by Gasteiger charge is 2.10. The molecule has 0 bridgehead atoms. The van der Waals surface area contributed by atoms with Crippen LogP contribution in [0, 0.1) is 6.92 Å². The van der Waals surface area contributed by atoms with Crippen molar-refractivity contribution in [1.29, 1.82) is 0 Å². The van der Waals surface area contributed by atoms with Gasteiger partial charge in [0.25, 0.3) is 0 Å². The number of hydrogen-bond acceptors (Lipinski definition) is 3. The molecule has 0 aliphatic heterocycles. The SMILES string of the molecule is COc1ccc(C(C)NCc2cccc(C)c2)c(O)c1. The van der Waals surface area contributed by atoms with E-state index < -0.39 is 0 Å². The Labute approximate surface area is 120 Å². The minimum atomic E-state index is 0.0708. The van der Waals surface area contributed by atoms with E-state index in [9.17, 15) is 5.11 Å². The van der Waals surface area contributed by atoms with Crippen molar-refractivity contribution in [3.63, 3.8) is 0 Å². The maximum atomic E-state index is 10.0. The molecule has 0 spiro atoms. The normalized spacial score (nSPS) is 12.2. The van der Waals surface area contributed by atoms with Gasteiger partial charge in [0.1, 0.15) is 11.5 Å². The maximum absolute atomic E-state index is 10.0. The summed E-state index contributed by atoms with van der Waals surface area (Å²) < 4.78 is 5.09. The molecule has 1 unspecified atom stereocenters. The van der Waals surface area contributed by atoms with E-state index in [1.165, 1.54) is 11.1 Å². The predicted molar refractivity (Wildman–Crippen MR) is 81.1 cm³/mol.